The Hall–Kier alpha value is -2.48. The lowest BCUT2D eigenvalue weighted by Gasteiger charge is -2.27. The topological polar surface area (TPSA) is 75.1 Å². The Labute approximate surface area is 167 Å². The van der Waals surface area contributed by atoms with E-state index in [1.54, 1.807) is 19.1 Å². The number of aliphatic hydroxyl groups excluding tert-OH is 1. The van der Waals surface area contributed by atoms with E-state index in [0.29, 0.717) is 25.0 Å². The second kappa shape index (κ2) is 8.49. The fourth-order valence-electron chi connectivity index (χ4n) is 3.76. The van der Waals surface area contributed by atoms with Gasteiger partial charge in [0.2, 0.25) is 5.91 Å². The van der Waals surface area contributed by atoms with Gasteiger partial charge in [-0.2, -0.15) is 13.2 Å². The maximum Gasteiger partial charge on any atom is 0.433 e. The molecule has 0 radical (unpaired) electrons. The first-order valence-electron chi connectivity index (χ1n) is 9.62. The van der Waals surface area contributed by atoms with Gasteiger partial charge in [0.25, 0.3) is 0 Å². The lowest BCUT2D eigenvalue weighted by molar-refractivity contribution is -0.142. The fourth-order valence-corrected chi connectivity index (χ4v) is 3.76. The summed E-state index contributed by atoms with van der Waals surface area (Å²) in [5.74, 6) is -0.800. The highest BCUT2D eigenvalue weighted by Gasteiger charge is 2.40. The summed E-state index contributed by atoms with van der Waals surface area (Å²) in [4.78, 5) is 20.4. The molecule has 29 heavy (non-hydrogen) atoms. The number of amides is 1. The van der Waals surface area contributed by atoms with Crippen molar-refractivity contribution in [3.8, 4) is 0 Å². The zero-order valence-electron chi connectivity index (χ0n) is 16.3. The van der Waals surface area contributed by atoms with E-state index in [-0.39, 0.29) is 29.8 Å². The van der Waals surface area contributed by atoms with Crippen LogP contribution >= 0.6 is 0 Å². The maximum absolute atomic E-state index is 13.4. The zero-order valence-corrected chi connectivity index (χ0v) is 16.3. The van der Waals surface area contributed by atoms with Crippen LogP contribution in [0.4, 0.5) is 13.2 Å². The molecule has 1 heterocycles. The molecule has 3 rings (SSSR count). The third-order valence-electron chi connectivity index (χ3n) is 5.17. The number of hydrogen-bond acceptors (Lipinski definition) is 4. The SMILES string of the molecule is Cc1nc2c(c(C(F)(F)F)n1)CC(C(=O)NC(C)CC(O)c1ccccc1)CC2. The van der Waals surface area contributed by atoms with Crippen molar-refractivity contribution in [1.29, 1.82) is 0 Å². The molecule has 1 aromatic heterocycles. The first-order chi connectivity index (χ1) is 13.6. The number of benzene rings is 1. The number of halogens is 3. The quantitative estimate of drug-likeness (QED) is 0.795. The summed E-state index contributed by atoms with van der Waals surface area (Å²) in [5, 5.41) is 13.1. The minimum atomic E-state index is -4.58. The van der Waals surface area contributed by atoms with E-state index in [1.165, 1.54) is 6.92 Å². The van der Waals surface area contributed by atoms with Crippen LogP contribution in [0, 0.1) is 12.8 Å². The van der Waals surface area contributed by atoms with Gasteiger partial charge in [0.05, 0.1) is 6.10 Å². The molecule has 0 saturated heterocycles. The largest absolute Gasteiger partial charge is 0.433 e. The van der Waals surface area contributed by atoms with Crippen LogP contribution < -0.4 is 5.32 Å². The van der Waals surface area contributed by atoms with Crippen LogP contribution in [-0.4, -0.2) is 27.0 Å². The molecule has 2 N–H and O–H groups in total. The van der Waals surface area contributed by atoms with Crippen molar-refractivity contribution in [1.82, 2.24) is 15.3 Å². The average Bonchev–Trinajstić information content (AvgIpc) is 2.66. The first kappa shape index (κ1) is 21.2. The normalized spacial score (nSPS) is 18.6. The Morgan fingerprint density at radius 2 is 1.97 bits per heavy atom. The molecule has 1 amide bonds. The summed E-state index contributed by atoms with van der Waals surface area (Å²) >= 11 is 0. The van der Waals surface area contributed by atoms with Gasteiger partial charge < -0.3 is 10.4 Å². The van der Waals surface area contributed by atoms with Crippen molar-refractivity contribution in [3.05, 3.63) is 58.7 Å². The van der Waals surface area contributed by atoms with Gasteiger partial charge >= 0.3 is 6.18 Å². The summed E-state index contributed by atoms with van der Waals surface area (Å²) in [7, 11) is 0. The van der Waals surface area contributed by atoms with Crippen molar-refractivity contribution in [3.63, 3.8) is 0 Å². The molecular weight excluding hydrogens is 383 g/mol. The number of hydrogen-bond donors (Lipinski definition) is 2. The third kappa shape index (κ3) is 5.12. The zero-order chi connectivity index (χ0) is 21.2. The van der Waals surface area contributed by atoms with Crippen molar-refractivity contribution in [2.24, 2.45) is 5.92 Å². The number of rotatable bonds is 5. The first-order valence-corrected chi connectivity index (χ1v) is 9.62. The molecule has 0 spiro atoms. The van der Waals surface area contributed by atoms with Gasteiger partial charge in [-0.3, -0.25) is 4.79 Å². The molecule has 156 valence electrons. The monoisotopic (exact) mass is 407 g/mol. The van der Waals surface area contributed by atoms with Crippen LogP contribution in [0.2, 0.25) is 0 Å². The summed E-state index contributed by atoms with van der Waals surface area (Å²) in [6.07, 6.45) is -4.30. The lowest BCUT2D eigenvalue weighted by atomic mass is 9.84. The number of nitrogens with zero attached hydrogens (tertiary/aromatic N) is 2. The smallest absolute Gasteiger partial charge is 0.388 e. The molecule has 1 aliphatic rings. The predicted octanol–water partition coefficient (Wildman–Crippen LogP) is 3.54. The van der Waals surface area contributed by atoms with E-state index in [4.69, 9.17) is 0 Å². The molecule has 0 aliphatic heterocycles. The van der Waals surface area contributed by atoms with Crippen LogP contribution in [0.3, 0.4) is 0 Å². The van der Waals surface area contributed by atoms with E-state index in [0.717, 1.165) is 5.56 Å². The van der Waals surface area contributed by atoms with Crippen molar-refractivity contribution in [2.45, 2.75) is 57.9 Å². The van der Waals surface area contributed by atoms with E-state index >= 15 is 0 Å². The predicted molar refractivity (Wildman–Crippen MR) is 101 cm³/mol. The fraction of sp³-hybridized carbons (Fsp3) is 0.476. The highest BCUT2D eigenvalue weighted by atomic mass is 19.4. The average molecular weight is 407 g/mol. The molecule has 1 aliphatic carbocycles. The molecule has 3 unspecified atom stereocenters. The molecule has 0 saturated carbocycles. The molecule has 8 heteroatoms. The number of aromatic nitrogens is 2. The number of aryl methyl sites for hydroxylation is 2. The second-order valence-corrected chi connectivity index (χ2v) is 7.55. The minimum Gasteiger partial charge on any atom is -0.388 e. The van der Waals surface area contributed by atoms with Crippen LogP contribution in [0.25, 0.3) is 0 Å². The van der Waals surface area contributed by atoms with Gasteiger partial charge in [-0.1, -0.05) is 30.3 Å². The number of carbonyl (C=O) groups is 1. The standard InChI is InChI=1S/C21H24F3N3O2/c1-12(10-18(28)14-6-4-3-5-7-14)25-20(29)15-8-9-17-16(11-15)19(21(22,23)24)27-13(2)26-17/h3-7,12,15,18,28H,8-11H2,1-2H3,(H,25,29). The Bertz CT molecular complexity index is 871. The summed E-state index contributed by atoms with van der Waals surface area (Å²) in [6.45, 7) is 3.21. The number of carbonyl (C=O) groups excluding carboxylic acids is 1. The van der Waals surface area contributed by atoms with Gasteiger partial charge in [0, 0.05) is 23.2 Å². The van der Waals surface area contributed by atoms with Crippen molar-refractivity contribution in [2.75, 3.05) is 0 Å². The Morgan fingerprint density at radius 1 is 1.28 bits per heavy atom. The van der Waals surface area contributed by atoms with E-state index < -0.39 is 23.9 Å². The number of fused-ring (bicyclic) bond motifs is 1. The molecule has 1 aromatic carbocycles. The van der Waals surface area contributed by atoms with Crippen molar-refractivity contribution < 1.29 is 23.1 Å². The molecule has 3 atom stereocenters. The van der Waals surface area contributed by atoms with Crippen LogP contribution in [-0.2, 0) is 23.8 Å². The van der Waals surface area contributed by atoms with Crippen LogP contribution in [0.1, 0.15) is 54.2 Å². The highest BCUT2D eigenvalue weighted by molar-refractivity contribution is 5.79. The third-order valence-corrected chi connectivity index (χ3v) is 5.17. The van der Waals surface area contributed by atoms with Crippen LogP contribution in [0.5, 0.6) is 0 Å². The van der Waals surface area contributed by atoms with Gasteiger partial charge in [0.1, 0.15) is 5.82 Å². The second-order valence-electron chi connectivity index (χ2n) is 7.55. The van der Waals surface area contributed by atoms with E-state index in [9.17, 15) is 23.1 Å². The van der Waals surface area contributed by atoms with Gasteiger partial charge in [-0.05, 0) is 45.1 Å². The molecular formula is C21H24F3N3O2. The van der Waals surface area contributed by atoms with Crippen LogP contribution in [0.15, 0.2) is 30.3 Å². The summed E-state index contributed by atoms with van der Waals surface area (Å²) in [6, 6.07) is 8.78. The van der Waals surface area contributed by atoms with E-state index in [1.807, 2.05) is 18.2 Å². The van der Waals surface area contributed by atoms with E-state index in [2.05, 4.69) is 15.3 Å². The molecule has 2 aromatic rings. The molecule has 5 nitrogen and oxygen atoms in total. The number of nitrogens with one attached hydrogen (secondary N) is 1. The lowest BCUT2D eigenvalue weighted by Crippen LogP contribution is -2.40. The Balaban J connectivity index is 1.66. The van der Waals surface area contributed by atoms with Gasteiger partial charge in [-0.25, -0.2) is 9.97 Å². The van der Waals surface area contributed by atoms with Crippen molar-refractivity contribution >= 4 is 5.91 Å². The number of alkyl halides is 3. The Morgan fingerprint density at radius 3 is 2.62 bits per heavy atom. The molecule has 0 fully saturated rings. The summed E-state index contributed by atoms with van der Waals surface area (Å²) in [5.41, 5.74) is 0.209. The summed E-state index contributed by atoms with van der Waals surface area (Å²) < 4.78 is 40.1. The number of aliphatic hydroxyl groups is 1. The van der Waals surface area contributed by atoms with Gasteiger partial charge in [-0.15, -0.1) is 0 Å². The van der Waals surface area contributed by atoms with Gasteiger partial charge in [0.15, 0.2) is 5.69 Å². The Kier molecular flexibility index (Phi) is 6.21. The molecule has 0 bridgehead atoms. The maximum atomic E-state index is 13.4. The highest BCUT2D eigenvalue weighted by Crippen LogP contribution is 2.36. The minimum absolute atomic E-state index is 0.0199.